The molecule has 2 heteroatoms. The molecule has 0 bridgehead atoms. The predicted molar refractivity (Wildman–Crippen MR) is 55.5 cm³/mol. The van der Waals surface area contributed by atoms with Crippen LogP contribution in [-0.4, -0.2) is 6.54 Å². The minimum Gasteiger partial charge on any atom is -0.310 e. The first-order valence-electron chi connectivity index (χ1n) is 5.08. The highest BCUT2D eigenvalue weighted by Gasteiger charge is 2.21. The number of hydrogen-bond donors (Lipinski definition) is 1. The van der Waals surface area contributed by atoms with Crippen molar-refractivity contribution in [2.75, 3.05) is 6.54 Å². The largest absolute Gasteiger partial charge is 0.310 e. The van der Waals surface area contributed by atoms with Gasteiger partial charge in [-0.15, -0.1) is 0 Å². The van der Waals surface area contributed by atoms with Crippen molar-refractivity contribution in [3.63, 3.8) is 0 Å². The molecule has 1 aromatic carbocycles. The highest BCUT2D eigenvalue weighted by atomic mass is 14.9. The molecule has 72 valence electrons. The van der Waals surface area contributed by atoms with Crippen LogP contribution >= 0.6 is 0 Å². The van der Waals surface area contributed by atoms with Crippen molar-refractivity contribution in [2.24, 2.45) is 5.92 Å². The summed E-state index contributed by atoms with van der Waals surface area (Å²) in [6, 6.07) is 13.1. The van der Waals surface area contributed by atoms with Crippen LogP contribution in [0.25, 0.3) is 0 Å². The van der Waals surface area contributed by atoms with E-state index in [1.165, 1.54) is 5.56 Å². The minimum absolute atomic E-state index is 0.224. The fraction of sp³-hybridized carbons (Fsp3) is 0.417. The zero-order valence-electron chi connectivity index (χ0n) is 8.11. The van der Waals surface area contributed by atoms with Gasteiger partial charge < -0.3 is 5.32 Å². The average molecular weight is 186 g/mol. The van der Waals surface area contributed by atoms with Gasteiger partial charge in [-0.1, -0.05) is 30.3 Å². The van der Waals surface area contributed by atoms with Crippen LogP contribution in [-0.2, 0) is 0 Å². The molecule has 1 aliphatic heterocycles. The Bertz CT molecular complexity index is 326. The smallest absolute Gasteiger partial charge is 0.0657 e. The van der Waals surface area contributed by atoms with Gasteiger partial charge in [0.25, 0.3) is 0 Å². The van der Waals surface area contributed by atoms with Crippen molar-refractivity contribution < 1.29 is 0 Å². The van der Waals surface area contributed by atoms with Crippen LogP contribution in [0.2, 0.25) is 0 Å². The molecule has 14 heavy (non-hydrogen) atoms. The van der Waals surface area contributed by atoms with E-state index in [1.807, 2.05) is 18.2 Å². The fourth-order valence-electron chi connectivity index (χ4n) is 1.97. The van der Waals surface area contributed by atoms with Gasteiger partial charge in [0, 0.05) is 12.0 Å². The lowest BCUT2D eigenvalue weighted by atomic mass is 9.90. The molecule has 0 radical (unpaired) electrons. The second-order valence-electron chi connectivity index (χ2n) is 3.77. The number of benzene rings is 1. The van der Waals surface area contributed by atoms with E-state index >= 15 is 0 Å². The number of nitrogens with zero attached hydrogens (tertiary/aromatic N) is 1. The maximum absolute atomic E-state index is 8.88. The van der Waals surface area contributed by atoms with Crippen molar-refractivity contribution in [3.8, 4) is 6.07 Å². The molecule has 1 fully saturated rings. The summed E-state index contributed by atoms with van der Waals surface area (Å²) in [6.07, 6.45) is 1.93. The Morgan fingerprint density at radius 3 is 2.79 bits per heavy atom. The normalized spacial score (nSPS) is 26.8. The Hall–Kier alpha value is -1.33. The van der Waals surface area contributed by atoms with Gasteiger partial charge >= 0.3 is 0 Å². The molecule has 0 aromatic heterocycles. The Morgan fingerprint density at radius 2 is 2.07 bits per heavy atom. The van der Waals surface area contributed by atoms with E-state index in [2.05, 4.69) is 23.5 Å². The Kier molecular flexibility index (Phi) is 2.81. The Labute approximate surface area is 84.6 Å². The fourth-order valence-corrected chi connectivity index (χ4v) is 1.97. The lowest BCUT2D eigenvalue weighted by molar-refractivity contribution is 0.356. The number of piperidine rings is 1. The molecule has 0 amide bonds. The predicted octanol–water partition coefficient (Wildman–Crippen LogP) is 2.25. The summed E-state index contributed by atoms with van der Waals surface area (Å²) in [5.74, 6) is 0.224. The second-order valence-corrected chi connectivity index (χ2v) is 3.77. The third-order valence-corrected chi connectivity index (χ3v) is 2.79. The van der Waals surface area contributed by atoms with Crippen molar-refractivity contribution >= 4 is 0 Å². The molecule has 0 spiro atoms. The summed E-state index contributed by atoms with van der Waals surface area (Å²) >= 11 is 0. The van der Waals surface area contributed by atoms with E-state index in [9.17, 15) is 0 Å². The van der Waals surface area contributed by atoms with Crippen LogP contribution in [0.5, 0.6) is 0 Å². The number of nitrogens with one attached hydrogen (secondary N) is 1. The van der Waals surface area contributed by atoms with E-state index in [4.69, 9.17) is 5.26 Å². The van der Waals surface area contributed by atoms with E-state index in [-0.39, 0.29) is 5.92 Å². The minimum atomic E-state index is 0.224. The third-order valence-electron chi connectivity index (χ3n) is 2.79. The third kappa shape index (κ3) is 1.94. The van der Waals surface area contributed by atoms with Crippen molar-refractivity contribution in [3.05, 3.63) is 35.9 Å². The number of nitriles is 1. The van der Waals surface area contributed by atoms with E-state index in [0.29, 0.717) is 6.04 Å². The zero-order valence-corrected chi connectivity index (χ0v) is 8.11. The van der Waals surface area contributed by atoms with Gasteiger partial charge in [0.05, 0.1) is 6.07 Å². The van der Waals surface area contributed by atoms with Gasteiger partial charge in [0.2, 0.25) is 0 Å². The van der Waals surface area contributed by atoms with E-state index in [1.54, 1.807) is 0 Å². The molecule has 1 unspecified atom stereocenters. The Morgan fingerprint density at radius 1 is 1.29 bits per heavy atom. The first-order valence-corrected chi connectivity index (χ1v) is 5.08. The average Bonchev–Trinajstić information content (AvgIpc) is 2.30. The van der Waals surface area contributed by atoms with Gasteiger partial charge in [-0.05, 0) is 24.9 Å². The van der Waals surface area contributed by atoms with Crippen molar-refractivity contribution in [1.29, 1.82) is 5.26 Å². The highest BCUT2D eigenvalue weighted by molar-refractivity contribution is 5.19. The lowest BCUT2D eigenvalue weighted by Gasteiger charge is -2.26. The monoisotopic (exact) mass is 186 g/mol. The topological polar surface area (TPSA) is 35.8 Å². The summed E-state index contributed by atoms with van der Waals surface area (Å²) in [5.41, 5.74) is 1.30. The van der Waals surface area contributed by atoms with Crippen LogP contribution in [0.3, 0.4) is 0 Å². The molecule has 1 aromatic rings. The Balaban J connectivity index is 2.09. The molecule has 0 aliphatic carbocycles. The molecule has 1 aliphatic rings. The van der Waals surface area contributed by atoms with Crippen LogP contribution in [0.4, 0.5) is 0 Å². The van der Waals surface area contributed by atoms with Gasteiger partial charge in [-0.3, -0.25) is 0 Å². The standard InChI is InChI=1S/C12H14N2/c13-9-10-6-7-14-12(8-10)11-4-2-1-3-5-11/h1-5,10,12,14H,6-8H2/t10?,12-/m1/s1. The molecule has 1 saturated heterocycles. The van der Waals surface area contributed by atoms with Gasteiger partial charge in [0.1, 0.15) is 0 Å². The quantitative estimate of drug-likeness (QED) is 0.730. The van der Waals surface area contributed by atoms with Crippen LogP contribution in [0, 0.1) is 17.2 Å². The number of rotatable bonds is 1. The highest BCUT2D eigenvalue weighted by Crippen LogP contribution is 2.26. The summed E-state index contributed by atoms with van der Waals surface area (Å²) in [5, 5.41) is 12.3. The van der Waals surface area contributed by atoms with E-state index < -0.39 is 0 Å². The molecule has 2 rings (SSSR count). The molecule has 1 heterocycles. The molecular formula is C12H14N2. The van der Waals surface area contributed by atoms with Crippen LogP contribution < -0.4 is 5.32 Å². The van der Waals surface area contributed by atoms with Crippen molar-refractivity contribution in [2.45, 2.75) is 18.9 Å². The first kappa shape index (κ1) is 9.23. The van der Waals surface area contributed by atoms with Crippen LogP contribution in [0.1, 0.15) is 24.4 Å². The molecule has 0 saturated carbocycles. The van der Waals surface area contributed by atoms with Gasteiger partial charge in [-0.2, -0.15) is 5.26 Å². The lowest BCUT2D eigenvalue weighted by Crippen LogP contribution is -2.31. The SMILES string of the molecule is N#CC1CCN[C@@H](c2ccccc2)C1. The maximum Gasteiger partial charge on any atom is 0.0657 e. The van der Waals surface area contributed by atoms with Gasteiger partial charge in [0.15, 0.2) is 0 Å². The van der Waals surface area contributed by atoms with Crippen molar-refractivity contribution in [1.82, 2.24) is 5.32 Å². The maximum atomic E-state index is 8.88. The second kappa shape index (κ2) is 4.26. The van der Waals surface area contributed by atoms with E-state index in [0.717, 1.165) is 19.4 Å². The summed E-state index contributed by atoms with van der Waals surface area (Å²) < 4.78 is 0. The molecule has 2 atom stereocenters. The number of hydrogen-bond acceptors (Lipinski definition) is 2. The summed E-state index contributed by atoms with van der Waals surface area (Å²) in [4.78, 5) is 0. The molecule has 1 N–H and O–H groups in total. The summed E-state index contributed by atoms with van der Waals surface area (Å²) in [7, 11) is 0. The molecular weight excluding hydrogens is 172 g/mol. The van der Waals surface area contributed by atoms with Gasteiger partial charge in [-0.25, -0.2) is 0 Å². The summed E-state index contributed by atoms with van der Waals surface area (Å²) in [6.45, 7) is 0.956. The van der Waals surface area contributed by atoms with Crippen LogP contribution in [0.15, 0.2) is 30.3 Å². The first-order chi connectivity index (χ1) is 6.90. The zero-order chi connectivity index (χ0) is 9.80. The molecule has 2 nitrogen and oxygen atoms in total.